The van der Waals surface area contributed by atoms with E-state index in [0.29, 0.717) is 18.1 Å². The van der Waals surface area contributed by atoms with Crippen LogP contribution in [0.1, 0.15) is 45.1 Å². The summed E-state index contributed by atoms with van der Waals surface area (Å²) in [6, 6.07) is 6.16. The van der Waals surface area contributed by atoms with Gasteiger partial charge in [-0.3, -0.25) is 9.59 Å². The molecule has 196 valence electrons. The number of nitrogens with one attached hydrogen (secondary N) is 1. The maximum atomic E-state index is 13.3. The number of carbonyl (C=O) groups is 2. The third-order valence-corrected chi connectivity index (χ3v) is 8.97. The Kier molecular flexibility index (Phi) is 6.00. The van der Waals surface area contributed by atoms with Crippen molar-refractivity contribution >= 4 is 39.2 Å². The van der Waals surface area contributed by atoms with Gasteiger partial charge in [-0.05, 0) is 51.1 Å². The minimum Gasteiger partial charge on any atom is -0.377 e. The third-order valence-electron chi connectivity index (χ3n) is 7.88. The molecule has 1 atom stereocenters. The largest absolute Gasteiger partial charge is 0.377 e. The molecule has 3 aliphatic heterocycles. The van der Waals surface area contributed by atoms with Crippen LogP contribution in [0.25, 0.3) is 10.9 Å². The molecule has 0 saturated carbocycles. The zero-order valence-electron chi connectivity index (χ0n) is 21.9. The van der Waals surface area contributed by atoms with Crippen molar-refractivity contribution in [2.45, 2.75) is 31.8 Å². The molecule has 9 nitrogen and oxygen atoms in total. The second-order valence-electron chi connectivity index (χ2n) is 11.0. The number of aromatic nitrogens is 2. The molecular weight excluding hydrogens is 488 g/mol. The van der Waals surface area contributed by atoms with Gasteiger partial charge >= 0.3 is 0 Å². The van der Waals surface area contributed by atoms with Crippen molar-refractivity contribution in [2.75, 3.05) is 57.9 Å². The molecule has 10 heteroatoms. The van der Waals surface area contributed by atoms with Crippen LogP contribution in [0, 0.1) is 0 Å². The Bertz CT molecular complexity index is 1370. The fourth-order valence-corrected chi connectivity index (χ4v) is 6.92. The van der Waals surface area contributed by atoms with Crippen LogP contribution in [-0.2, 0) is 23.7 Å². The predicted molar refractivity (Wildman–Crippen MR) is 145 cm³/mol. The van der Waals surface area contributed by atoms with E-state index in [9.17, 15) is 9.59 Å². The van der Waals surface area contributed by atoms with Crippen molar-refractivity contribution in [3.8, 4) is 0 Å². The fourth-order valence-electron chi connectivity index (χ4n) is 5.70. The maximum absolute atomic E-state index is 13.3. The van der Waals surface area contributed by atoms with Crippen molar-refractivity contribution in [1.29, 1.82) is 0 Å². The number of fused-ring (bicyclic) bond motifs is 2. The minimum absolute atomic E-state index is 0.0415. The molecule has 2 amide bonds. The number of rotatable bonds is 4. The molecule has 5 heterocycles. The summed E-state index contributed by atoms with van der Waals surface area (Å²) >= 11 is 1.47. The van der Waals surface area contributed by atoms with Crippen molar-refractivity contribution in [1.82, 2.24) is 24.7 Å². The van der Waals surface area contributed by atoms with Gasteiger partial charge in [0, 0.05) is 62.4 Å². The van der Waals surface area contributed by atoms with Crippen LogP contribution in [0.5, 0.6) is 0 Å². The lowest BCUT2D eigenvalue weighted by molar-refractivity contribution is 0.0664. The number of carbonyl (C=O) groups excluding carboxylic acids is 2. The molecule has 2 saturated heterocycles. The lowest BCUT2D eigenvalue weighted by Gasteiger charge is -2.35. The van der Waals surface area contributed by atoms with Crippen LogP contribution in [0.15, 0.2) is 24.4 Å². The van der Waals surface area contributed by atoms with Gasteiger partial charge in [-0.25, -0.2) is 4.98 Å². The van der Waals surface area contributed by atoms with Crippen molar-refractivity contribution in [3.63, 3.8) is 0 Å². The number of aryl methyl sites for hydroxylation is 1. The number of hydrogen-bond donors (Lipinski definition) is 1. The highest BCUT2D eigenvalue weighted by Crippen LogP contribution is 2.38. The van der Waals surface area contributed by atoms with E-state index < -0.39 is 5.54 Å². The number of ether oxygens (including phenoxy) is 1. The van der Waals surface area contributed by atoms with Gasteiger partial charge in [0.05, 0.1) is 30.5 Å². The lowest BCUT2D eigenvalue weighted by Crippen LogP contribution is -2.47. The average Bonchev–Trinajstić information content (AvgIpc) is 3.52. The molecule has 6 rings (SSSR count). The maximum Gasteiger partial charge on any atom is 0.264 e. The van der Waals surface area contributed by atoms with E-state index in [1.807, 2.05) is 24.8 Å². The first-order chi connectivity index (χ1) is 17.7. The molecule has 0 unspecified atom stereocenters. The molecule has 0 aliphatic carbocycles. The van der Waals surface area contributed by atoms with E-state index in [-0.39, 0.29) is 17.9 Å². The fraction of sp³-hybridized carbons (Fsp3) is 0.519. The van der Waals surface area contributed by atoms with Crippen LogP contribution in [0.4, 0.5) is 5.13 Å². The highest BCUT2D eigenvalue weighted by Gasteiger charge is 2.40. The van der Waals surface area contributed by atoms with Gasteiger partial charge in [0.15, 0.2) is 5.13 Å². The monoisotopic (exact) mass is 522 g/mol. The van der Waals surface area contributed by atoms with Crippen LogP contribution in [0.3, 0.4) is 0 Å². The molecular formula is C27H34N6O3S. The van der Waals surface area contributed by atoms with Crippen molar-refractivity contribution in [2.24, 2.45) is 7.05 Å². The number of thiazole rings is 1. The van der Waals surface area contributed by atoms with Gasteiger partial charge in [-0.2, -0.15) is 0 Å². The molecule has 0 radical (unpaired) electrons. The van der Waals surface area contributed by atoms with Gasteiger partial charge in [0.25, 0.3) is 11.8 Å². The Hall–Kier alpha value is -2.95. The lowest BCUT2D eigenvalue weighted by atomic mass is 10.0. The van der Waals surface area contributed by atoms with E-state index >= 15 is 0 Å². The summed E-state index contributed by atoms with van der Waals surface area (Å²) in [6.07, 6.45) is 2.93. The molecule has 2 fully saturated rings. The van der Waals surface area contributed by atoms with E-state index in [1.54, 1.807) is 0 Å². The third kappa shape index (κ3) is 4.30. The number of piperazine rings is 1. The normalized spacial score (nSPS) is 21.9. The van der Waals surface area contributed by atoms with Crippen molar-refractivity contribution < 1.29 is 14.3 Å². The van der Waals surface area contributed by atoms with E-state index in [0.717, 1.165) is 66.4 Å². The van der Waals surface area contributed by atoms with E-state index in [1.165, 1.54) is 16.9 Å². The van der Waals surface area contributed by atoms with Gasteiger partial charge in [-0.15, -0.1) is 0 Å². The molecule has 3 aromatic rings. The quantitative estimate of drug-likeness (QED) is 0.567. The van der Waals surface area contributed by atoms with E-state index in [2.05, 4.69) is 52.1 Å². The van der Waals surface area contributed by atoms with E-state index in [4.69, 9.17) is 9.72 Å². The summed E-state index contributed by atoms with van der Waals surface area (Å²) in [5.41, 5.74) is 3.42. The zero-order valence-corrected chi connectivity index (χ0v) is 22.7. The average molecular weight is 523 g/mol. The van der Waals surface area contributed by atoms with Crippen LogP contribution in [0.2, 0.25) is 0 Å². The summed E-state index contributed by atoms with van der Waals surface area (Å²) in [5.74, 6) is 0.0609. The number of likely N-dealkylation sites (N-methyl/N-ethyl adjacent to an activating group) is 1. The second kappa shape index (κ2) is 9.11. The van der Waals surface area contributed by atoms with Gasteiger partial charge in [-0.1, -0.05) is 11.3 Å². The Labute approximate surface area is 221 Å². The summed E-state index contributed by atoms with van der Waals surface area (Å²) in [5, 5.41) is 5.00. The highest BCUT2D eigenvalue weighted by atomic mass is 32.1. The molecule has 0 bridgehead atoms. The predicted octanol–water partition coefficient (Wildman–Crippen LogP) is 2.45. The first kappa shape index (κ1) is 24.4. The molecule has 0 spiro atoms. The summed E-state index contributed by atoms with van der Waals surface area (Å²) in [6.45, 7) is 9.28. The van der Waals surface area contributed by atoms with Crippen LogP contribution < -0.4 is 10.2 Å². The number of hydrogen-bond acceptors (Lipinski definition) is 7. The second-order valence-corrected chi connectivity index (χ2v) is 11.9. The van der Waals surface area contributed by atoms with Crippen molar-refractivity contribution in [3.05, 3.63) is 46.1 Å². The van der Waals surface area contributed by atoms with Crippen LogP contribution in [-0.4, -0.2) is 90.2 Å². The Morgan fingerprint density at radius 3 is 2.73 bits per heavy atom. The summed E-state index contributed by atoms with van der Waals surface area (Å²) < 4.78 is 8.03. The summed E-state index contributed by atoms with van der Waals surface area (Å²) in [7, 11) is 4.15. The Morgan fingerprint density at radius 2 is 1.97 bits per heavy atom. The first-order valence-electron chi connectivity index (χ1n) is 13.0. The molecule has 1 aromatic carbocycles. The zero-order chi connectivity index (χ0) is 25.9. The standard InChI is InChI=1S/C27H34N6O3S/c1-27(2)23-22(24(34)29-27)37-26(28-23)33-11-12-36-16-19(33)13-18-15-31(4)21-6-5-17(14-20(18)21)25(35)32-9-7-30(3)8-10-32/h5-6,14-15,19H,7-13,16H2,1-4H3,(H,29,34)/t19-/m0/s1. The summed E-state index contributed by atoms with van der Waals surface area (Å²) in [4.78, 5) is 37.9. The van der Waals surface area contributed by atoms with Gasteiger partial charge in [0.1, 0.15) is 4.88 Å². The number of amides is 2. The number of morpholine rings is 1. The molecule has 3 aliphatic rings. The van der Waals surface area contributed by atoms with Gasteiger partial charge in [0.2, 0.25) is 0 Å². The smallest absolute Gasteiger partial charge is 0.264 e. The highest BCUT2D eigenvalue weighted by molar-refractivity contribution is 7.17. The van der Waals surface area contributed by atoms with Crippen LogP contribution >= 0.6 is 11.3 Å². The molecule has 37 heavy (non-hydrogen) atoms. The molecule has 1 N–H and O–H groups in total. The Morgan fingerprint density at radius 1 is 1.19 bits per heavy atom. The number of anilines is 1. The first-order valence-corrected chi connectivity index (χ1v) is 13.8. The number of benzene rings is 1. The SMILES string of the molecule is CN1CCN(C(=O)c2ccc3c(c2)c(C[C@H]2COCCN2c2nc4c(s2)C(=O)NC4(C)C)cn3C)CC1. The topological polar surface area (TPSA) is 82.9 Å². The van der Waals surface area contributed by atoms with Gasteiger partial charge < -0.3 is 29.3 Å². The Balaban J connectivity index is 1.28. The minimum atomic E-state index is -0.453. The molecule has 2 aromatic heterocycles. The number of nitrogens with zero attached hydrogens (tertiary/aromatic N) is 5.